The lowest BCUT2D eigenvalue weighted by Gasteiger charge is -2.35. The number of hydrogen-bond donors (Lipinski definition) is 1. The number of carbonyl (C=O) groups is 4. The Balaban J connectivity index is 1.53. The van der Waals surface area contributed by atoms with Gasteiger partial charge in [0.25, 0.3) is 5.91 Å². The molecule has 1 atom stereocenters. The second-order valence-electron chi connectivity index (χ2n) is 11.7. The van der Waals surface area contributed by atoms with Crippen LogP contribution in [-0.2, 0) is 29.7 Å². The summed E-state index contributed by atoms with van der Waals surface area (Å²) in [4.78, 5) is 67.9. The Labute approximate surface area is 279 Å². The van der Waals surface area contributed by atoms with Gasteiger partial charge >= 0.3 is 12.1 Å². The van der Waals surface area contributed by atoms with Crippen molar-refractivity contribution in [1.82, 2.24) is 25.2 Å². The fraction of sp³-hybridized carbons (Fsp3) is 0.412. The summed E-state index contributed by atoms with van der Waals surface area (Å²) < 4.78 is 10.3. The van der Waals surface area contributed by atoms with Gasteiger partial charge in [0.2, 0.25) is 5.91 Å². The molecule has 0 saturated carbocycles. The molecular formula is C34H41N5O7S. The van der Waals surface area contributed by atoms with Gasteiger partial charge in [0.05, 0.1) is 19.7 Å². The summed E-state index contributed by atoms with van der Waals surface area (Å²) >= 11 is 1.47. The number of carbonyl (C=O) groups excluding carboxylic acids is 4. The average molecular weight is 664 g/mol. The van der Waals surface area contributed by atoms with E-state index in [1.165, 1.54) is 16.8 Å². The van der Waals surface area contributed by atoms with Crippen LogP contribution in [0.5, 0.6) is 0 Å². The molecule has 2 amide bonds. The van der Waals surface area contributed by atoms with E-state index < -0.39 is 29.7 Å². The minimum absolute atomic E-state index is 0.0191. The van der Waals surface area contributed by atoms with Crippen molar-refractivity contribution in [3.05, 3.63) is 78.0 Å². The molecule has 1 fully saturated rings. The molecule has 0 aliphatic carbocycles. The van der Waals surface area contributed by atoms with Gasteiger partial charge in [-0.15, -0.1) is 16.8 Å². The van der Waals surface area contributed by atoms with Crippen molar-refractivity contribution in [2.45, 2.75) is 63.0 Å². The molecule has 1 aliphatic heterocycles. The van der Waals surface area contributed by atoms with Crippen LogP contribution in [0.15, 0.2) is 71.8 Å². The van der Waals surface area contributed by atoms with E-state index in [4.69, 9.17) is 19.3 Å². The molecule has 12 nitrogen and oxygen atoms in total. The maximum Gasteiger partial charge on any atom is 0.527 e. The number of aromatic nitrogens is 2. The molecule has 250 valence electrons. The number of esters is 1. The van der Waals surface area contributed by atoms with Crippen molar-refractivity contribution in [3.63, 3.8) is 0 Å². The topological polar surface area (TPSA) is 140 Å². The highest BCUT2D eigenvalue weighted by molar-refractivity contribution is 7.98. The van der Waals surface area contributed by atoms with Crippen LogP contribution in [0.25, 0.3) is 11.4 Å². The van der Waals surface area contributed by atoms with Gasteiger partial charge in [-0.05, 0) is 39.7 Å². The summed E-state index contributed by atoms with van der Waals surface area (Å²) in [5.74, 6) is -0.407. The molecule has 4 rings (SSSR count). The van der Waals surface area contributed by atoms with Gasteiger partial charge in [0, 0.05) is 36.9 Å². The summed E-state index contributed by atoms with van der Waals surface area (Å²) in [6, 6.07) is 19.8. The smallest absolute Gasteiger partial charge is 0.460 e. The molecule has 1 aromatic heterocycles. The number of benzene rings is 2. The SMILES string of the molecule is CCOC(=O)ON1CCN(C(=O)[C@H](CCC(=O)OC(C)(C)C)NC(=O)c2cc(SCc3ccccc3)nc(-c3ccccc3)n2)CC1. The lowest BCUT2D eigenvalue weighted by molar-refractivity contribution is -0.158. The Bertz CT molecular complexity index is 1510. The quantitative estimate of drug-likeness (QED) is 0.161. The van der Waals surface area contributed by atoms with Crippen LogP contribution >= 0.6 is 11.8 Å². The Morgan fingerprint density at radius 1 is 0.936 bits per heavy atom. The summed E-state index contributed by atoms with van der Waals surface area (Å²) in [6.07, 6.45) is -0.877. The van der Waals surface area contributed by atoms with Crippen LogP contribution in [0.1, 0.15) is 56.6 Å². The van der Waals surface area contributed by atoms with E-state index in [-0.39, 0.29) is 57.2 Å². The van der Waals surface area contributed by atoms with E-state index in [1.54, 1.807) is 38.7 Å². The average Bonchev–Trinajstić information content (AvgIpc) is 3.05. The number of nitrogens with zero attached hydrogens (tertiary/aromatic N) is 4. The van der Waals surface area contributed by atoms with Crippen molar-refractivity contribution in [2.24, 2.45) is 0 Å². The Morgan fingerprint density at radius 3 is 2.23 bits per heavy atom. The molecule has 0 bridgehead atoms. The third-order valence-corrected chi connectivity index (χ3v) is 7.86. The molecule has 0 unspecified atom stereocenters. The predicted octanol–water partition coefficient (Wildman–Crippen LogP) is 4.89. The number of thioether (sulfide) groups is 1. The zero-order valence-electron chi connectivity index (χ0n) is 27.1. The van der Waals surface area contributed by atoms with E-state index >= 15 is 0 Å². The second kappa shape index (κ2) is 16.9. The Kier molecular flexibility index (Phi) is 12.7. The van der Waals surface area contributed by atoms with Crippen LogP contribution in [0.4, 0.5) is 4.79 Å². The van der Waals surface area contributed by atoms with Crippen molar-refractivity contribution in [1.29, 1.82) is 0 Å². The first-order valence-corrected chi connectivity index (χ1v) is 16.5. The van der Waals surface area contributed by atoms with Gasteiger partial charge in [-0.2, -0.15) is 0 Å². The highest BCUT2D eigenvalue weighted by atomic mass is 32.2. The maximum atomic E-state index is 13.8. The molecule has 13 heteroatoms. The lowest BCUT2D eigenvalue weighted by Crippen LogP contribution is -2.55. The number of ether oxygens (including phenoxy) is 2. The Hall–Kier alpha value is -4.49. The lowest BCUT2D eigenvalue weighted by atomic mass is 10.1. The Morgan fingerprint density at radius 2 is 1.60 bits per heavy atom. The fourth-order valence-corrected chi connectivity index (χ4v) is 5.53. The number of rotatable bonds is 12. The summed E-state index contributed by atoms with van der Waals surface area (Å²) in [5.41, 5.74) is 1.24. The summed E-state index contributed by atoms with van der Waals surface area (Å²) in [7, 11) is 0. The van der Waals surface area contributed by atoms with Crippen LogP contribution in [0.3, 0.4) is 0 Å². The predicted molar refractivity (Wildman–Crippen MR) is 176 cm³/mol. The molecule has 47 heavy (non-hydrogen) atoms. The molecule has 1 N–H and O–H groups in total. The zero-order chi connectivity index (χ0) is 33.8. The van der Waals surface area contributed by atoms with E-state index in [2.05, 4.69) is 10.3 Å². The van der Waals surface area contributed by atoms with Crippen molar-refractivity contribution in [2.75, 3.05) is 32.8 Å². The number of hydroxylamine groups is 2. The van der Waals surface area contributed by atoms with Gasteiger partial charge in [0.1, 0.15) is 22.4 Å². The van der Waals surface area contributed by atoms with Crippen LogP contribution in [-0.4, -0.2) is 88.3 Å². The highest BCUT2D eigenvalue weighted by Crippen LogP contribution is 2.25. The summed E-state index contributed by atoms with van der Waals surface area (Å²) in [6.45, 7) is 8.14. The first-order chi connectivity index (χ1) is 22.5. The largest absolute Gasteiger partial charge is 0.527 e. The standard InChI is InChI=1S/C34H41N5O7S/c1-5-44-33(43)46-39-20-18-38(19-21-39)32(42)26(16-17-29(40)45-34(2,3)4)36-31(41)27-22-28(47-23-24-12-8-6-9-13-24)37-30(35-27)25-14-10-7-11-15-25/h6-15,22,26H,5,16-21,23H2,1-4H3,(H,36,41)/t26-/m0/s1. The molecule has 0 spiro atoms. The van der Waals surface area contributed by atoms with Crippen molar-refractivity contribution < 1.29 is 33.5 Å². The third-order valence-electron chi connectivity index (χ3n) is 6.87. The van der Waals surface area contributed by atoms with Crippen molar-refractivity contribution >= 4 is 35.7 Å². The molecule has 0 radical (unpaired) electrons. The minimum atomic E-state index is -1.04. The summed E-state index contributed by atoms with van der Waals surface area (Å²) in [5, 5.41) is 4.86. The minimum Gasteiger partial charge on any atom is -0.460 e. The monoisotopic (exact) mass is 663 g/mol. The highest BCUT2D eigenvalue weighted by Gasteiger charge is 2.31. The van der Waals surface area contributed by atoms with E-state index in [0.29, 0.717) is 16.6 Å². The molecule has 3 aromatic rings. The number of nitrogens with one attached hydrogen (secondary N) is 1. The first kappa shape index (κ1) is 35.4. The van der Waals surface area contributed by atoms with Crippen molar-refractivity contribution in [3.8, 4) is 11.4 Å². The van der Waals surface area contributed by atoms with E-state index in [0.717, 1.165) is 11.1 Å². The molecule has 1 aliphatic rings. The normalized spacial score (nSPS) is 14.2. The van der Waals surface area contributed by atoms with E-state index in [9.17, 15) is 19.2 Å². The second-order valence-corrected chi connectivity index (χ2v) is 12.7. The molecule has 2 aromatic carbocycles. The zero-order valence-corrected chi connectivity index (χ0v) is 28.0. The van der Waals surface area contributed by atoms with E-state index in [1.807, 2.05) is 60.7 Å². The van der Waals surface area contributed by atoms with Crippen LogP contribution in [0.2, 0.25) is 0 Å². The molecule has 1 saturated heterocycles. The van der Waals surface area contributed by atoms with Gasteiger partial charge in [-0.3, -0.25) is 14.4 Å². The van der Waals surface area contributed by atoms with Gasteiger partial charge in [0.15, 0.2) is 5.82 Å². The third kappa shape index (κ3) is 11.4. The maximum absolute atomic E-state index is 13.8. The van der Waals surface area contributed by atoms with Gasteiger partial charge in [-0.25, -0.2) is 14.8 Å². The fourth-order valence-electron chi connectivity index (χ4n) is 4.68. The number of hydrogen-bond acceptors (Lipinski definition) is 11. The number of piperazine rings is 1. The van der Waals surface area contributed by atoms with Gasteiger partial charge in [-0.1, -0.05) is 60.7 Å². The molecule has 2 heterocycles. The number of amides is 2. The molecular weight excluding hydrogens is 622 g/mol. The van der Waals surface area contributed by atoms with Crippen LogP contribution in [0, 0.1) is 0 Å². The first-order valence-electron chi connectivity index (χ1n) is 15.5. The van der Waals surface area contributed by atoms with Gasteiger partial charge < -0.3 is 24.5 Å². The van der Waals surface area contributed by atoms with Crippen LogP contribution < -0.4 is 5.32 Å².